The SMILES string of the molecule is BC(C)(CCC)CCCCCCC. The third-order valence-electron chi connectivity index (χ3n) is 2.88. The van der Waals surface area contributed by atoms with Crippen LogP contribution in [-0.2, 0) is 0 Å². The molecule has 78 valence electrons. The maximum atomic E-state index is 2.41. The molecule has 0 fully saturated rings. The fourth-order valence-corrected chi connectivity index (χ4v) is 2.01. The zero-order valence-corrected chi connectivity index (χ0v) is 10.2. The third-order valence-corrected chi connectivity index (χ3v) is 2.88. The topological polar surface area (TPSA) is 0 Å². The molecule has 1 atom stereocenters. The summed E-state index contributed by atoms with van der Waals surface area (Å²) in [5.41, 5.74) is 0. The number of hydrogen-bond acceptors (Lipinski definition) is 0. The minimum atomic E-state index is 0.598. The predicted octanol–water partition coefficient (Wildman–Crippen LogP) is 3.96. The summed E-state index contributed by atoms with van der Waals surface area (Å²) >= 11 is 0. The summed E-state index contributed by atoms with van der Waals surface area (Å²) in [6.45, 7) is 6.98. The highest BCUT2D eigenvalue weighted by molar-refractivity contribution is 6.14. The molecule has 0 N–H and O–H groups in total. The molecular weight excluding hydrogens is 155 g/mol. The van der Waals surface area contributed by atoms with E-state index in [1.54, 1.807) is 0 Å². The van der Waals surface area contributed by atoms with E-state index in [9.17, 15) is 0 Å². The van der Waals surface area contributed by atoms with Gasteiger partial charge in [-0.15, -0.1) is 0 Å². The Bertz CT molecular complexity index is 108. The van der Waals surface area contributed by atoms with Gasteiger partial charge in [-0.3, -0.25) is 0 Å². The van der Waals surface area contributed by atoms with Gasteiger partial charge in [0, 0.05) is 0 Å². The van der Waals surface area contributed by atoms with Gasteiger partial charge >= 0.3 is 0 Å². The minimum Gasteiger partial charge on any atom is -0.0669 e. The van der Waals surface area contributed by atoms with Gasteiger partial charge in [0.1, 0.15) is 7.85 Å². The molecule has 0 aliphatic rings. The van der Waals surface area contributed by atoms with Crippen molar-refractivity contribution in [2.24, 2.45) is 0 Å². The van der Waals surface area contributed by atoms with Gasteiger partial charge in [0.25, 0.3) is 0 Å². The normalized spacial score (nSPS) is 15.6. The fraction of sp³-hybridized carbons (Fsp3) is 1.00. The smallest absolute Gasteiger partial charge is 0.0669 e. The maximum Gasteiger partial charge on any atom is 0.109 e. The van der Waals surface area contributed by atoms with Crippen LogP contribution in [0.15, 0.2) is 0 Å². The van der Waals surface area contributed by atoms with Gasteiger partial charge in [0.05, 0.1) is 0 Å². The lowest BCUT2D eigenvalue weighted by molar-refractivity contribution is 0.473. The number of unbranched alkanes of at least 4 members (excludes halogenated alkanes) is 4. The standard InChI is InChI=1S/C12H27B/c1-4-6-7-8-9-11-12(3,13)10-5-2/h4-11,13H2,1-3H3. The van der Waals surface area contributed by atoms with Gasteiger partial charge in [-0.05, 0) is 0 Å². The summed E-state index contributed by atoms with van der Waals surface area (Å²) in [5.74, 6) is 0. The minimum absolute atomic E-state index is 0.598. The van der Waals surface area contributed by atoms with Crippen molar-refractivity contribution in [1.29, 1.82) is 0 Å². The summed E-state index contributed by atoms with van der Waals surface area (Å²) in [6.07, 6.45) is 11.3. The van der Waals surface area contributed by atoms with Crippen molar-refractivity contribution in [1.82, 2.24) is 0 Å². The molecule has 0 saturated heterocycles. The van der Waals surface area contributed by atoms with Gasteiger partial charge in [-0.25, -0.2) is 0 Å². The molecule has 0 heterocycles. The highest BCUT2D eigenvalue weighted by atomic mass is 14.1. The quantitative estimate of drug-likeness (QED) is 0.393. The van der Waals surface area contributed by atoms with Gasteiger partial charge < -0.3 is 0 Å². The van der Waals surface area contributed by atoms with E-state index >= 15 is 0 Å². The van der Waals surface area contributed by atoms with Crippen LogP contribution in [0.3, 0.4) is 0 Å². The highest BCUT2D eigenvalue weighted by Gasteiger charge is 2.15. The number of rotatable bonds is 8. The molecule has 13 heavy (non-hydrogen) atoms. The van der Waals surface area contributed by atoms with Crippen LogP contribution in [0.25, 0.3) is 0 Å². The molecule has 0 aromatic heterocycles. The van der Waals surface area contributed by atoms with Crippen LogP contribution < -0.4 is 0 Å². The van der Waals surface area contributed by atoms with Gasteiger partial charge in [-0.1, -0.05) is 77.5 Å². The van der Waals surface area contributed by atoms with Crippen LogP contribution in [0, 0.1) is 0 Å². The Kier molecular flexibility index (Phi) is 7.50. The average Bonchev–Trinajstić information content (AvgIpc) is 2.04. The largest absolute Gasteiger partial charge is 0.109 e. The second kappa shape index (κ2) is 7.47. The summed E-state index contributed by atoms with van der Waals surface area (Å²) in [4.78, 5) is 0. The van der Waals surface area contributed by atoms with Crippen LogP contribution in [0.5, 0.6) is 0 Å². The monoisotopic (exact) mass is 182 g/mol. The van der Waals surface area contributed by atoms with Crippen LogP contribution in [-0.4, -0.2) is 7.85 Å². The molecule has 0 bridgehead atoms. The van der Waals surface area contributed by atoms with Crippen molar-refractivity contribution in [3.63, 3.8) is 0 Å². The van der Waals surface area contributed by atoms with Crippen LogP contribution >= 0.6 is 0 Å². The summed E-state index contributed by atoms with van der Waals surface area (Å²) < 4.78 is 0. The fourth-order valence-electron chi connectivity index (χ4n) is 2.01. The maximum absolute atomic E-state index is 2.41. The van der Waals surface area contributed by atoms with E-state index in [1.165, 1.54) is 51.4 Å². The molecule has 0 aliphatic carbocycles. The number of hydrogen-bond donors (Lipinski definition) is 0. The van der Waals surface area contributed by atoms with Crippen LogP contribution in [0.1, 0.15) is 72.1 Å². The Morgan fingerprint density at radius 1 is 0.846 bits per heavy atom. The second-order valence-corrected chi connectivity index (χ2v) is 5.08. The van der Waals surface area contributed by atoms with Crippen molar-refractivity contribution < 1.29 is 0 Å². The molecule has 0 rings (SSSR count). The van der Waals surface area contributed by atoms with E-state index in [2.05, 4.69) is 28.6 Å². The zero-order chi connectivity index (χ0) is 10.2. The van der Waals surface area contributed by atoms with Crippen molar-refractivity contribution >= 4 is 7.85 Å². The van der Waals surface area contributed by atoms with Crippen molar-refractivity contribution in [2.45, 2.75) is 77.5 Å². The molecule has 0 spiro atoms. The zero-order valence-electron chi connectivity index (χ0n) is 10.2. The molecule has 0 aromatic rings. The molecule has 0 aromatic carbocycles. The molecule has 0 nitrogen and oxygen atoms in total. The Labute approximate surface area is 85.9 Å². The highest BCUT2D eigenvalue weighted by Crippen LogP contribution is 2.33. The van der Waals surface area contributed by atoms with Gasteiger partial charge in [-0.2, -0.15) is 0 Å². The molecule has 0 amide bonds. The van der Waals surface area contributed by atoms with Crippen molar-refractivity contribution in [3.05, 3.63) is 0 Å². The predicted molar refractivity (Wildman–Crippen MR) is 65.2 cm³/mol. The first-order valence-corrected chi connectivity index (χ1v) is 6.12. The van der Waals surface area contributed by atoms with Gasteiger partial charge in [0.15, 0.2) is 0 Å². The lowest BCUT2D eigenvalue weighted by Crippen LogP contribution is -2.07. The Morgan fingerprint density at radius 2 is 1.46 bits per heavy atom. The van der Waals surface area contributed by atoms with Gasteiger partial charge in [0.2, 0.25) is 0 Å². The summed E-state index contributed by atoms with van der Waals surface area (Å²) in [7, 11) is 2.41. The second-order valence-electron chi connectivity index (χ2n) is 5.08. The lowest BCUT2D eigenvalue weighted by atomic mass is 9.64. The van der Waals surface area contributed by atoms with E-state index in [4.69, 9.17) is 0 Å². The van der Waals surface area contributed by atoms with E-state index in [0.717, 1.165) is 0 Å². The lowest BCUT2D eigenvalue weighted by Gasteiger charge is -2.23. The third kappa shape index (κ3) is 8.40. The van der Waals surface area contributed by atoms with Crippen molar-refractivity contribution in [3.8, 4) is 0 Å². The van der Waals surface area contributed by atoms with E-state index in [-0.39, 0.29) is 0 Å². The molecule has 0 saturated carbocycles. The molecule has 1 heteroatoms. The van der Waals surface area contributed by atoms with Crippen molar-refractivity contribution in [2.75, 3.05) is 0 Å². The van der Waals surface area contributed by atoms with E-state index < -0.39 is 0 Å². The van der Waals surface area contributed by atoms with Crippen LogP contribution in [0.2, 0.25) is 5.31 Å². The Hall–Kier alpha value is 0.0649. The van der Waals surface area contributed by atoms with E-state index in [0.29, 0.717) is 5.31 Å². The first-order valence-electron chi connectivity index (χ1n) is 6.12. The van der Waals surface area contributed by atoms with E-state index in [1.807, 2.05) is 0 Å². The first kappa shape index (κ1) is 13.1. The molecular formula is C12H27B. The molecule has 0 radical (unpaired) electrons. The average molecular weight is 182 g/mol. The Balaban J connectivity index is 3.29. The van der Waals surface area contributed by atoms with Crippen LogP contribution in [0.4, 0.5) is 0 Å². The molecule has 0 aliphatic heterocycles. The summed E-state index contributed by atoms with van der Waals surface area (Å²) in [5, 5.41) is 0.598. The first-order chi connectivity index (χ1) is 6.12. The summed E-state index contributed by atoms with van der Waals surface area (Å²) in [6, 6.07) is 0. The molecule has 1 unspecified atom stereocenters. The Morgan fingerprint density at radius 3 is 2.00 bits per heavy atom.